The Morgan fingerprint density at radius 1 is 1.18 bits per heavy atom. The second-order valence-corrected chi connectivity index (χ2v) is 8.94. The molecular weight excluding hydrogens is 512 g/mol. The first-order valence-electron chi connectivity index (χ1n) is 12.4. The van der Waals surface area contributed by atoms with Crippen LogP contribution in [0.3, 0.4) is 0 Å². The number of methoxy groups -OCH3 is 3. The van der Waals surface area contributed by atoms with E-state index in [1.807, 2.05) is 0 Å². The molecule has 0 spiro atoms. The summed E-state index contributed by atoms with van der Waals surface area (Å²) in [6, 6.07) is 2.44. The quantitative estimate of drug-likeness (QED) is 0.256. The average molecular weight is 544 g/mol. The molecule has 0 bridgehead atoms. The van der Waals surface area contributed by atoms with Crippen molar-refractivity contribution in [2.24, 2.45) is 5.92 Å². The van der Waals surface area contributed by atoms with Crippen LogP contribution in [0.15, 0.2) is 31.0 Å². The summed E-state index contributed by atoms with van der Waals surface area (Å²) in [5, 5.41) is 6.89. The average Bonchev–Trinajstić information content (AvgIpc) is 2.94. The van der Waals surface area contributed by atoms with Crippen LogP contribution in [0.2, 0.25) is 0 Å². The SMILES string of the molecule is C=CC(=O)C[C@H]1CCOC[C@H]1Nc1ncc2cc(-c3c(F)c(OC)cc(OC)c3F)nc(NCCOC)c2n1. The van der Waals surface area contributed by atoms with Crippen molar-refractivity contribution in [1.82, 2.24) is 15.0 Å². The van der Waals surface area contributed by atoms with Gasteiger partial charge in [0.25, 0.3) is 0 Å². The molecule has 0 unspecified atom stereocenters. The third-order valence-electron chi connectivity index (χ3n) is 6.50. The number of benzene rings is 1. The molecule has 2 N–H and O–H groups in total. The molecule has 10 nitrogen and oxygen atoms in total. The van der Waals surface area contributed by atoms with Crippen LogP contribution >= 0.6 is 0 Å². The van der Waals surface area contributed by atoms with E-state index in [0.717, 1.165) is 6.07 Å². The van der Waals surface area contributed by atoms with Crippen molar-refractivity contribution in [3.8, 4) is 22.8 Å². The van der Waals surface area contributed by atoms with E-state index in [-0.39, 0.29) is 40.8 Å². The number of hydrogen-bond acceptors (Lipinski definition) is 10. The number of nitrogens with one attached hydrogen (secondary N) is 2. The van der Waals surface area contributed by atoms with E-state index in [0.29, 0.717) is 56.1 Å². The predicted octanol–water partition coefficient (Wildman–Crippen LogP) is 4.01. The number of fused-ring (bicyclic) bond motifs is 1. The lowest BCUT2D eigenvalue weighted by Gasteiger charge is -2.31. The number of rotatable bonds is 12. The summed E-state index contributed by atoms with van der Waals surface area (Å²) in [5.74, 6) is -1.63. The highest BCUT2D eigenvalue weighted by atomic mass is 19.1. The van der Waals surface area contributed by atoms with Crippen LogP contribution in [0.1, 0.15) is 12.8 Å². The van der Waals surface area contributed by atoms with Crippen molar-refractivity contribution in [2.45, 2.75) is 18.9 Å². The Hall–Kier alpha value is -3.90. The van der Waals surface area contributed by atoms with E-state index < -0.39 is 17.2 Å². The molecule has 3 heterocycles. The lowest BCUT2D eigenvalue weighted by Crippen LogP contribution is -2.40. The molecule has 3 aromatic rings. The summed E-state index contributed by atoms with van der Waals surface area (Å²) in [4.78, 5) is 25.6. The van der Waals surface area contributed by atoms with Crippen LogP contribution in [0.4, 0.5) is 20.5 Å². The van der Waals surface area contributed by atoms with Gasteiger partial charge in [0, 0.05) is 44.3 Å². The van der Waals surface area contributed by atoms with Crippen molar-refractivity contribution >= 4 is 28.5 Å². The molecule has 4 rings (SSSR count). The fourth-order valence-corrected chi connectivity index (χ4v) is 4.44. The van der Waals surface area contributed by atoms with E-state index in [2.05, 4.69) is 32.2 Å². The molecule has 12 heteroatoms. The Kier molecular flexibility index (Phi) is 9.20. The minimum atomic E-state index is -0.915. The summed E-state index contributed by atoms with van der Waals surface area (Å²) in [7, 11) is 4.12. The van der Waals surface area contributed by atoms with E-state index in [4.69, 9.17) is 18.9 Å². The first-order valence-corrected chi connectivity index (χ1v) is 12.4. The van der Waals surface area contributed by atoms with Gasteiger partial charge >= 0.3 is 0 Å². The van der Waals surface area contributed by atoms with Gasteiger partial charge in [-0.1, -0.05) is 6.58 Å². The van der Waals surface area contributed by atoms with Crippen LogP contribution in [-0.4, -0.2) is 74.5 Å². The number of aromatic nitrogens is 3. The van der Waals surface area contributed by atoms with Crippen LogP contribution < -0.4 is 20.1 Å². The molecule has 1 saturated heterocycles. The first-order chi connectivity index (χ1) is 18.9. The number of halogens is 2. The minimum Gasteiger partial charge on any atom is -0.494 e. The van der Waals surface area contributed by atoms with Gasteiger partial charge in [-0.3, -0.25) is 4.79 Å². The Labute approximate surface area is 224 Å². The summed E-state index contributed by atoms with van der Waals surface area (Å²) in [6.45, 7) is 5.24. The highest BCUT2D eigenvalue weighted by Crippen LogP contribution is 2.38. The third-order valence-corrected chi connectivity index (χ3v) is 6.50. The lowest BCUT2D eigenvalue weighted by atomic mass is 9.90. The monoisotopic (exact) mass is 543 g/mol. The number of hydrogen-bond donors (Lipinski definition) is 2. The fraction of sp³-hybridized carbons (Fsp3) is 0.407. The number of carbonyl (C=O) groups excluding carboxylic acids is 1. The molecule has 0 saturated carbocycles. The smallest absolute Gasteiger partial charge is 0.223 e. The second kappa shape index (κ2) is 12.8. The van der Waals surface area contributed by atoms with Crippen LogP contribution in [0, 0.1) is 17.6 Å². The van der Waals surface area contributed by atoms with Gasteiger partial charge in [0.2, 0.25) is 5.95 Å². The highest BCUT2D eigenvalue weighted by Gasteiger charge is 2.28. The molecule has 2 atom stereocenters. The van der Waals surface area contributed by atoms with E-state index in [9.17, 15) is 4.79 Å². The van der Waals surface area contributed by atoms with Gasteiger partial charge in [0.15, 0.2) is 34.7 Å². The molecule has 39 heavy (non-hydrogen) atoms. The zero-order chi connectivity index (χ0) is 27.9. The van der Waals surface area contributed by atoms with Crippen molar-refractivity contribution < 1.29 is 32.5 Å². The van der Waals surface area contributed by atoms with E-state index in [1.165, 1.54) is 32.6 Å². The van der Waals surface area contributed by atoms with E-state index >= 15 is 8.78 Å². The number of ether oxygens (including phenoxy) is 4. The maximum atomic E-state index is 15.3. The molecule has 1 fully saturated rings. The molecule has 1 aliphatic heterocycles. The zero-order valence-electron chi connectivity index (χ0n) is 22.1. The maximum absolute atomic E-state index is 15.3. The Balaban J connectivity index is 1.76. The molecule has 1 aliphatic rings. The number of ketones is 1. The van der Waals surface area contributed by atoms with Gasteiger partial charge in [-0.15, -0.1) is 0 Å². The Morgan fingerprint density at radius 3 is 2.59 bits per heavy atom. The lowest BCUT2D eigenvalue weighted by molar-refractivity contribution is -0.116. The molecular formula is C27H31F2N5O5. The summed E-state index contributed by atoms with van der Waals surface area (Å²) < 4.78 is 51.4. The first kappa shape index (κ1) is 28.1. The molecule has 208 valence electrons. The van der Waals surface area contributed by atoms with Crippen molar-refractivity contribution in [2.75, 3.05) is 58.3 Å². The summed E-state index contributed by atoms with van der Waals surface area (Å²) in [6.07, 6.45) is 3.91. The van der Waals surface area contributed by atoms with Crippen molar-refractivity contribution in [3.63, 3.8) is 0 Å². The van der Waals surface area contributed by atoms with Gasteiger partial charge in [0.1, 0.15) is 5.52 Å². The number of nitrogens with zero attached hydrogens (tertiary/aromatic N) is 3. The Bertz CT molecular complexity index is 1330. The second-order valence-electron chi connectivity index (χ2n) is 8.94. The third kappa shape index (κ3) is 6.23. The van der Waals surface area contributed by atoms with Crippen LogP contribution in [-0.2, 0) is 14.3 Å². The minimum absolute atomic E-state index is 0.00241. The molecule has 1 aromatic carbocycles. The topological polar surface area (TPSA) is 117 Å². The highest BCUT2D eigenvalue weighted by molar-refractivity contribution is 5.92. The number of anilines is 2. The van der Waals surface area contributed by atoms with Gasteiger partial charge in [-0.05, 0) is 24.5 Å². The van der Waals surface area contributed by atoms with Crippen LogP contribution in [0.25, 0.3) is 22.2 Å². The summed E-state index contributed by atoms with van der Waals surface area (Å²) >= 11 is 0. The molecule has 0 amide bonds. The van der Waals surface area contributed by atoms with E-state index in [1.54, 1.807) is 7.11 Å². The number of carbonyl (C=O) groups is 1. The molecule has 2 aromatic heterocycles. The van der Waals surface area contributed by atoms with Crippen LogP contribution in [0.5, 0.6) is 11.5 Å². The maximum Gasteiger partial charge on any atom is 0.223 e. The van der Waals surface area contributed by atoms with Gasteiger partial charge in [0.05, 0.1) is 44.7 Å². The number of allylic oxidation sites excluding steroid dienone is 1. The molecule has 0 aliphatic carbocycles. The van der Waals surface area contributed by atoms with Crippen molar-refractivity contribution in [1.29, 1.82) is 0 Å². The standard InChI is InChI=1S/C27H31F2N5O5/c1-5-17(35)10-15-6-8-39-14-19(15)33-27-31-13-16-11-18(32-26(25(16)34-27)30-7-9-36-2)22-23(28)20(37-3)12-21(38-4)24(22)29/h5,11-13,15,19H,1,6-10,14H2,2-4H3,(H,30,32)(H,31,33,34)/t15-,19-/m1/s1. The molecule has 0 radical (unpaired) electrons. The number of pyridine rings is 1. The van der Waals surface area contributed by atoms with Gasteiger partial charge < -0.3 is 29.6 Å². The van der Waals surface area contributed by atoms with Gasteiger partial charge in [-0.2, -0.15) is 0 Å². The summed E-state index contributed by atoms with van der Waals surface area (Å²) in [5.41, 5.74) is 0.0280. The van der Waals surface area contributed by atoms with Crippen molar-refractivity contribution in [3.05, 3.63) is 42.6 Å². The fourth-order valence-electron chi connectivity index (χ4n) is 4.44. The Morgan fingerprint density at radius 2 is 1.92 bits per heavy atom. The largest absolute Gasteiger partial charge is 0.494 e. The predicted molar refractivity (Wildman–Crippen MR) is 142 cm³/mol. The zero-order valence-corrected chi connectivity index (χ0v) is 22.1. The normalized spacial score (nSPS) is 17.1. The van der Waals surface area contributed by atoms with Gasteiger partial charge in [-0.25, -0.2) is 23.7 Å².